The van der Waals surface area contributed by atoms with Gasteiger partial charge in [-0.25, -0.2) is 0 Å². The first-order valence-corrected chi connectivity index (χ1v) is 9.91. The summed E-state index contributed by atoms with van der Waals surface area (Å²) in [5, 5.41) is 5.78. The number of hydrogen-bond donors (Lipinski definition) is 2. The van der Waals surface area contributed by atoms with Crippen LogP contribution in [0.4, 0.5) is 17.1 Å². The Kier molecular flexibility index (Phi) is 5.46. The largest absolute Gasteiger partial charge is 0.478 e. The van der Waals surface area contributed by atoms with Crippen molar-refractivity contribution in [3.05, 3.63) is 48.5 Å². The van der Waals surface area contributed by atoms with E-state index in [-0.39, 0.29) is 18.2 Å². The highest BCUT2D eigenvalue weighted by Gasteiger charge is 2.29. The van der Waals surface area contributed by atoms with Crippen molar-refractivity contribution in [3.8, 4) is 5.75 Å². The minimum atomic E-state index is -0.833. The zero-order valence-electron chi connectivity index (χ0n) is 15.8. The molecule has 2 N–H and O–H groups in total. The van der Waals surface area contributed by atoms with E-state index in [1.54, 1.807) is 12.1 Å². The van der Waals surface area contributed by atoms with E-state index in [0.717, 1.165) is 37.3 Å². The van der Waals surface area contributed by atoms with E-state index in [1.807, 2.05) is 36.4 Å². The van der Waals surface area contributed by atoms with Gasteiger partial charge in [-0.3, -0.25) is 9.59 Å². The third kappa shape index (κ3) is 4.11. The van der Waals surface area contributed by atoms with Gasteiger partial charge in [0.1, 0.15) is 5.75 Å². The van der Waals surface area contributed by atoms with Gasteiger partial charge in [-0.2, -0.15) is 0 Å². The summed E-state index contributed by atoms with van der Waals surface area (Å²) in [4.78, 5) is 27.3. The number of carbonyl (C=O) groups excluding carboxylic acids is 2. The lowest BCUT2D eigenvalue weighted by molar-refractivity contribution is -0.128. The predicted molar refractivity (Wildman–Crippen MR) is 110 cm³/mol. The van der Waals surface area contributed by atoms with E-state index < -0.39 is 6.10 Å². The molecule has 1 fully saturated rings. The van der Waals surface area contributed by atoms with Crippen molar-refractivity contribution in [3.63, 3.8) is 0 Å². The van der Waals surface area contributed by atoms with Crippen molar-refractivity contribution in [2.75, 3.05) is 28.6 Å². The number of ether oxygens (including phenoxy) is 1. The summed E-state index contributed by atoms with van der Waals surface area (Å²) in [5.74, 6) is 0.0568. The van der Waals surface area contributed by atoms with Crippen LogP contribution in [0.25, 0.3) is 0 Å². The average Bonchev–Trinajstić information content (AvgIpc) is 2.98. The minimum Gasteiger partial charge on any atom is -0.478 e. The van der Waals surface area contributed by atoms with Gasteiger partial charge in [0, 0.05) is 13.1 Å². The van der Waals surface area contributed by atoms with Gasteiger partial charge in [0.15, 0.2) is 6.10 Å². The van der Waals surface area contributed by atoms with Gasteiger partial charge in [-0.15, -0.1) is 0 Å². The van der Waals surface area contributed by atoms with Gasteiger partial charge >= 0.3 is 0 Å². The Morgan fingerprint density at radius 3 is 2.57 bits per heavy atom. The van der Waals surface area contributed by atoms with Crippen molar-refractivity contribution < 1.29 is 14.3 Å². The second-order valence-corrected chi connectivity index (χ2v) is 7.26. The number of carbonyl (C=O) groups is 2. The fraction of sp³-hybridized carbons (Fsp3) is 0.364. The van der Waals surface area contributed by atoms with Crippen molar-refractivity contribution in [2.45, 2.75) is 38.2 Å². The number of para-hydroxylation sites is 4. The minimum absolute atomic E-state index is 0.0332. The lowest BCUT2D eigenvalue weighted by atomic mass is 10.1. The molecule has 0 aromatic heterocycles. The van der Waals surface area contributed by atoms with Gasteiger partial charge in [0.2, 0.25) is 5.91 Å². The molecule has 1 saturated heterocycles. The molecular weight excluding hydrogens is 354 g/mol. The Bertz CT molecular complexity index is 860. The first-order valence-electron chi connectivity index (χ1n) is 9.91. The van der Waals surface area contributed by atoms with Gasteiger partial charge < -0.3 is 20.3 Å². The lowest BCUT2D eigenvalue weighted by Crippen LogP contribution is -2.39. The van der Waals surface area contributed by atoms with Crippen LogP contribution in [0.2, 0.25) is 0 Å². The second kappa shape index (κ2) is 8.33. The standard InChI is InChI=1S/C22H25N3O3/c26-21(15-20-22(27)24-17-10-4-6-12-19(17)28-20)23-16-9-3-5-11-18(16)25-13-7-1-2-8-14-25/h3-6,9-12,20H,1-2,7-8,13-15H2,(H,23,26)(H,24,27)/t20-/m1/s1. The van der Waals surface area contributed by atoms with Crippen molar-refractivity contribution in [1.29, 1.82) is 0 Å². The van der Waals surface area contributed by atoms with Crippen LogP contribution in [-0.4, -0.2) is 31.0 Å². The molecule has 2 aromatic carbocycles. The number of hydrogen-bond acceptors (Lipinski definition) is 4. The normalized spacial score (nSPS) is 19.1. The topological polar surface area (TPSA) is 70.7 Å². The molecule has 0 unspecified atom stereocenters. The molecule has 28 heavy (non-hydrogen) atoms. The van der Waals surface area contributed by atoms with Crippen molar-refractivity contribution >= 4 is 28.9 Å². The Balaban J connectivity index is 1.44. The summed E-state index contributed by atoms with van der Waals surface area (Å²) in [6.45, 7) is 2.00. The molecular formula is C22H25N3O3. The molecule has 2 aliphatic rings. The maximum atomic E-state index is 12.7. The number of anilines is 3. The molecule has 0 bridgehead atoms. The van der Waals surface area contributed by atoms with Gasteiger partial charge in [0.25, 0.3) is 5.91 Å². The van der Waals surface area contributed by atoms with E-state index in [2.05, 4.69) is 15.5 Å². The van der Waals surface area contributed by atoms with Crippen LogP contribution >= 0.6 is 0 Å². The molecule has 2 amide bonds. The van der Waals surface area contributed by atoms with Crippen LogP contribution in [0.3, 0.4) is 0 Å². The molecule has 4 rings (SSSR count). The van der Waals surface area contributed by atoms with Crippen LogP contribution < -0.4 is 20.3 Å². The van der Waals surface area contributed by atoms with E-state index in [9.17, 15) is 9.59 Å². The lowest BCUT2D eigenvalue weighted by Gasteiger charge is -2.27. The molecule has 0 spiro atoms. The zero-order chi connectivity index (χ0) is 19.3. The number of fused-ring (bicyclic) bond motifs is 1. The molecule has 6 nitrogen and oxygen atoms in total. The predicted octanol–water partition coefficient (Wildman–Crippen LogP) is 3.80. The highest BCUT2D eigenvalue weighted by atomic mass is 16.5. The average molecular weight is 379 g/mol. The first kappa shape index (κ1) is 18.3. The molecule has 0 saturated carbocycles. The molecule has 2 heterocycles. The molecule has 0 radical (unpaired) electrons. The summed E-state index contributed by atoms with van der Waals surface area (Å²) >= 11 is 0. The van der Waals surface area contributed by atoms with Gasteiger partial charge in [0.05, 0.1) is 23.5 Å². The third-order valence-corrected chi connectivity index (χ3v) is 5.20. The molecule has 2 aromatic rings. The SMILES string of the molecule is O=C(C[C@H]1Oc2ccccc2NC1=O)Nc1ccccc1N1CCCCCC1. The van der Waals surface area contributed by atoms with Crippen LogP contribution in [0.15, 0.2) is 48.5 Å². The number of nitrogens with zero attached hydrogens (tertiary/aromatic N) is 1. The van der Waals surface area contributed by atoms with E-state index in [4.69, 9.17) is 4.74 Å². The first-order chi connectivity index (χ1) is 13.7. The fourth-order valence-corrected chi connectivity index (χ4v) is 3.76. The zero-order valence-corrected chi connectivity index (χ0v) is 15.8. The molecule has 146 valence electrons. The fourth-order valence-electron chi connectivity index (χ4n) is 3.76. The Morgan fingerprint density at radius 2 is 1.75 bits per heavy atom. The van der Waals surface area contributed by atoms with Crippen LogP contribution in [0, 0.1) is 0 Å². The smallest absolute Gasteiger partial charge is 0.266 e. The molecule has 0 aliphatic carbocycles. The molecule has 1 atom stereocenters. The summed E-state index contributed by atoms with van der Waals surface area (Å²) in [6, 6.07) is 15.1. The van der Waals surface area contributed by atoms with Gasteiger partial charge in [-0.05, 0) is 37.1 Å². The highest BCUT2D eigenvalue weighted by molar-refractivity contribution is 6.02. The maximum Gasteiger partial charge on any atom is 0.266 e. The Labute approximate surface area is 164 Å². The highest BCUT2D eigenvalue weighted by Crippen LogP contribution is 2.31. The van der Waals surface area contributed by atoms with Gasteiger partial charge in [-0.1, -0.05) is 37.1 Å². The Morgan fingerprint density at radius 1 is 1.04 bits per heavy atom. The van der Waals surface area contributed by atoms with E-state index >= 15 is 0 Å². The number of amides is 2. The third-order valence-electron chi connectivity index (χ3n) is 5.20. The van der Waals surface area contributed by atoms with Crippen LogP contribution in [-0.2, 0) is 9.59 Å². The van der Waals surface area contributed by atoms with Crippen LogP contribution in [0.5, 0.6) is 5.75 Å². The summed E-state index contributed by atoms with van der Waals surface area (Å²) in [6.07, 6.45) is 3.96. The Hall–Kier alpha value is -3.02. The monoisotopic (exact) mass is 379 g/mol. The summed E-state index contributed by atoms with van der Waals surface area (Å²) < 4.78 is 5.73. The van der Waals surface area contributed by atoms with Crippen molar-refractivity contribution in [2.24, 2.45) is 0 Å². The van der Waals surface area contributed by atoms with E-state index in [0.29, 0.717) is 11.4 Å². The van der Waals surface area contributed by atoms with Crippen LogP contribution in [0.1, 0.15) is 32.1 Å². The van der Waals surface area contributed by atoms with Crippen molar-refractivity contribution in [1.82, 2.24) is 0 Å². The number of rotatable bonds is 4. The quantitative estimate of drug-likeness (QED) is 0.848. The maximum absolute atomic E-state index is 12.7. The number of nitrogens with one attached hydrogen (secondary N) is 2. The molecule has 6 heteroatoms. The number of benzene rings is 2. The van der Waals surface area contributed by atoms with E-state index in [1.165, 1.54) is 12.8 Å². The molecule has 2 aliphatic heterocycles. The second-order valence-electron chi connectivity index (χ2n) is 7.26. The summed E-state index contributed by atoms with van der Waals surface area (Å²) in [5.41, 5.74) is 2.46. The summed E-state index contributed by atoms with van der Waals surface area (Å²) in [7, 11) is 0.